The molecular formula is C14H20ClN. The molecule has 0 heterocycles. The molecule has 88 valence electrons. The minimum atomic E-state index is 0.615. The van der Waals surface area contributed by atoms with E-state index in [9.17, 15) is 0 Å². The van der Waals surface area contributed by atoms with E-state index in [1.54, 1.807) is 0 Å². The third-order valence-electron chi connectivity index (χ3n) is 3.60. The van der Waals surface area contributed by atoms with Gasteiger partial charge in [0.05, 0.1) is 10.7 Å². The summed E-state index contributed by atoms with van der Waals surface area (Å²) in [7, 11) is 0. The van der Waals surface area contributed by atoms with Crippen LogP contribution >= 0.6 is 11.6 Å². The van der Waals surface area contributed by atoms with E-state index >= 15 is 0 Å². The van der Waals surface area contributed by atoms with Gasteiger partial charge in [-0.15, -0.1) is 0 Å². The summed E-state index contributed by atoms with van der Waals surface area (Å²) in [5.41, 5.74) is 2.36. The fourth-order valence-electron chi connectivity index (χ4n) is 2.55. The van der Waals surface area contributed by atoms with Crippen molar-refractivity contribution in [1.82, 2.24) is 0 Å². The summed E-state index contributed by atoms with van der Waals surface area (Å²) in [5, 5.41) is 4.42. The van der Waals surface area contributed by atoms with E-state index in [0.29, 0.717) is 6.04 Å². The van der Waals surface area contributed by atoms with Crippen LogP contribution in [0, 0.1) is 12.8 Å². The van der Waals surface area contributed by atoms with Crippen LogP contribution in [0.25, 0.3) is 0 Å². The molecular weight excluding hydrogens is 218 g/mol. The van der Waals surface area contributed by atoms with Crippen molar-refractivity contribution in [3.8, 4) is 0 Å². The Kier molecular flexibility index (Phi) is 3.75. The molecule has 2 unspecified atom stereocenters. The molecule has 1 nitrogen and oxygen atoms in total. The van der Waals surface area contributed by atoms with Crippen LogP contribution in [-0.2, 0) is 0 Å². The molecule has 0 bridgehead atoms. The fraction of sp³-hybridized carbons (Fsp3) is 0.571. The maximum absolute atomic E-state index is 6.18. The zero-order chi connectivity index (χ0) is 11.5. The molecule has 2 atom stereocenters. The largest absolute Gasteiger partial charge is 0.381 e. The molecule has 0 saturated heterocycles. The number of rotatable bonds is 3. The maximum atomic E-state index is 6.18. The first-order valence-corrected chi connectivity index (χ1v) is 6.59. The number of nitrogens with one attached hydrogen (secondary N) is 1. The average Bonchev–Trinajstić information content (AvgIpc) is 2.71. The fourth-order valence-corrected chi connectivity index (χ4v) is 2.72. The van der Waals surface area contributed by atoms with Crippen LogP contribution in [0.2, 0.25) is 5.02 Å². The van der Waals surface area contributed by atoms with Crippen molar-refractivity contribution in [1.29, 1.82) is 0 Å². The van der Waals surface area contributed by atoms with Crippen molar-refractivity contribution in [2.75, 3.05) is 5.32 Å². The van der Waals surface area contributed by atoms with Gasteiger partial charge in [0.2, 0.25) is 0 Å². The molecule has 16 heavy (non-hydrogen) atoms. The molecule has 0 amide bonds. The number of anilines is 1. The van der Waals surface area contributed by atoms with Gasteiger partial charge in [-0.3, -0.25) is 0 Å². The first-order valence-electron chi connectivity index (χ1n) is 6.21. The molecule has 1 aliphatic carbocycles. The van der Waals surface area contributed by atoms with Gasteiger partial charge in [-0.1, -0.05) is 31.0 Å². The van der Waals surface area contributed by atoms with Crippen molar-refractivity contribution in [3.63, 3.8) is 0 Å². The van der Waals surface area contributed by atoms with Gasteiger partial charge >= 0.3 is 0 Å². The van der Waals surface area contributed by atoms with E-state index in [2.05, 4.69) is 31.3 Å². The molecule has 2 heteroatoms. The molecule has 1 fully saturated rings. The summed E-state index contributed by atoms with van der Waals surface area (Å²) in [5.74, 6) is 0.904. The zero-order valence-electron chi connectivity index (χ0n) is 10.1. The highest BCUT2D eigenvalue weighted by molar-refractivity contribution is 6.33. The van der Waals surface area contributed by atoms with Crippen LogP contribution < -0.4 is 5.32 Å². The third-order valence-corrected chi connectivity index (χ3v) is 3.93. The normalized spacial score (nSPS) is 24.7. The second kappa shape index (κ2) is 5.09. The maximum Gasteiger partial charge on any atom is 0.0637 e. The predicted molar refractivity (Wildman–Crippen MR) is 71.2 cm³/mol. The van der Waals surface area contributed by atoms with Crippen molar-refractivity contribution in [3.05, 3.63) is 28.8 Å². The van der Waals surface area contributed by atoms with Gasteiger partial charge in [-0.25, -0.2) is 0 Å². The summed E-state index contributed by atoms with van der Waals surface area (Å²) in [4.78, 5) is 0. The Labute approximate surface area is 103 Å². The quantitative estimate of drug-likeness (QED) is 0.808. The van der Waals surface area contributed by atoms with E-state index in [0.717, 1.165) is 16.6 Å². The van der Waals surface area contributed by atoms with E-state index in [1.165, 1.54) is 31.2 Å². The van der Waals surface area contributed by atoms with Crippen molar-refractivity contribution in [2.45, 2.75) is 45.6 Å². The monoisotopic (exact) mass is 237 g/mol. The van der Waals surface area contributed by atoms with Gasteiger partial charge in [0.1, 0.15) is 0 Å². The number of aryl methyl sites for hydroxylation is 1. The molecule has 0 aliphatic heterocycles. The van der Waals surface area contributed by atoms with Crippen LogP contribution in [0.1, 0.15) is 38.2 Å². The molecule has 1 saturated carbocycles. The smallest absolute Gasteiger partial charge is 0.0637 e. The second-order valence-corrected chi connectivity index (χ2v) is 5.32. The lowest BCUT2D eigenvalue weighted by Crippen LogP contribution is -2.15. The molecule has 0 aromatic heterocycles. The summed E-state index contributed by atoms with van der Waals surface area (Å²) in [6.45, 7) is 4.39. The van der Waals surface area contributed by atoms with Gasteiger partial charge < -0.3 is 5.32 Å². The minimum absolute atomic E-state index is 0.615. The van der Waals surface area contributed by atoms with Gasteiger partial charge in [-0.2, -0.15) is 0 Å². The highest BCUT2D eigenvalue weighted by Gasteiger charge is 2.23. The van der Waals surface area contributed by atoms with Crippen LogP contribution in [0.15, 0.2) is 18.2 Å². The SMILES string of the molecule is CCC1CCC(Nc2cc(C)ccc2Cl)C1. The van der Waals surface area contributed by atoms with Crippen LogP contribution in [0.3, 0.4) is 0 Å². The minimum Gasteiger partial charge on any atom is -0.381 e. The molecule has 1 N–H and O–H groups in total. The summed E-state index contributed by atoms with van der Waals surface area (Å²) < 4.78 is 0. The Morgan fingerprint density at radius 3 is 2.88 bits per heavy atom. The summed E-state index contributed by atoms with van der Waals surface area (Å²) in [6.07, 6.45) is 5.24. The Hall–Kier alpha value is -0.690. The highest BCUT2D eigenvalue weighted by Crippen LogP contribution is 2.32. The van der Waals surface area contributed by atoms with Gasteiger partial charge in [0.15, 0.2) is 0 Å². The van der Waals surface area contributed by atoms with Crippen LogP contribution in [0.5, 0.6) is 0 Å². The first kappa shape index (κ1) is 11.8. The predicted octanol–water partition coefficient (Wildman–Crippen LogP) is 4.64. The van der Waals surface area contributed by atoms with Crippen molar-refractivity contribution >= 4 is 17.3 Å². The number of benzene rings is 1. The zero-order valence-corrected chi connectivity index (χ0v) is 10.8. The number of halogens is 1. The lowest BCUT2D eigenvalue weighted by Gasteiger charge is -2.16. The number of hydrogen-bond donors (Lipinski definition) is 1. The van der Waals surface area contributed by atoms with Crippen LogP contribution in [-0.4, -0.2) is 6.04 Å². The topological polar surface area (TPSA) is 12.0 Å². The third kappa shape index (κ3) is 2.70. The highest BCUT2D eigenvalue weighted by atomic mass is 35.5. The molecule has 1 aliphatic rings. The lowest BCUT2D eigenvalue weighted by molar-refractivity contribution is 0.525. The molecule has 0 spiro atoms. The molecule has 1 aromatic rings. The van der Waals surface area contributed by atoms with Gasteiger partial charge in [0, 0.05) is 6.04 Å². The standard InChI is InChI=1S/C14H20ClN/c1-3-11-5-6-12(9-11)16-14-8-10(2)4-7-13(14)15/h4,7-8,11-12,16H,3,5-6,9H2,1-2H3. The average molecular weight is 238 g/mol. The summed E-state index contributed by atoms with van der Waals surface area (Å²) >= 11 is 6.18. The Bertz CT molecular complexity index is 362. The van der Waals surface area contributed by atoms with E-state index in [-0.39, 0.29) is 0 Å². The van der Waals surface area contributed by atoms with Crippen molar-refractivity contribution < 1.29 is 0 Å². The Balaban J connectivity index is 2.01. The second-order valence-electron chi connectivity index (χ2n) is 4.91. The number of hydrogen-bond acceptors (Lipinski definition) is 1. The van der Waals surface area contributed by atoms with Gasteiger partial charge in [0.25, 0.3) is 0 Å². The lowest BCUT2D eigenvalue weighted by atomic mass is 10.1. The Morgan fingerprint density at radius 2 is 2.19 bits per heavy atom. The van der Waals surface area contributed by atoms with Gasteiger partial charge in [-0.05, 0) is 49.8 Å². The molecule has 2 rings (SSSR count). The van der Waals surface area contributed by atoms with E-state index < -0.39 is 0 Å². The molecule has 0 radical (unpaired) electrons. The molecule has 1 aromatic carbocycles. The van der Waals surface area contributed by atoms with Crippen molar-refractivity contribution in [2.24, 2.45) is 5.92 Å². The first-order chi connectivity index (χ1) is 7.69. The Morgan fingerprint density at radius 1 is 1.38 bits per heavy atom. The summed E-state index contributed by atoms with van der Waals surface area (Å²) in [6, 6.07) is 6.79. The van der Waals surface area contributed by atoms with E-state index in [1.807, 2.05) is 6.07 Å². The van der Waals surface area contributed by atoms with E-state index in [4.69, 9.17) is 11.6 Å². The van der Waals surface area contributed by atoms with Crippen LogP contribution in [0.4, 0.5) is 5.69 Å².